The van der Waals surface area contributed by atoms with Gasteiger partial charge in [-0.1, -0.05) is 42.5 Å². The molecule has 0 saturated carbocycles. The Balaban J connectivity index is 1.10. The van der Waals surface area contributed by atoms with Gasteiger partial charge in [0, 0.05) is 31.1 Å². The topological polar surface area (TPSA) is 123 Å². The Labute approximate surface area is 247 Å². The van der Waals surface area contributed by atoms with E-state index in [9.17, 15) is 23.6 Å². The van der Waals surface area contributed by atoms with E-state index < -0.39 is 42.8 Å². The zero-order valence-electron chi connectivity index (χ0n) is 23.4. The van der Waals surface area contributed by atoms with Crippen LogP contribution in [0.5, 0.6) is 5.75 Å². The minimum Gasteiger partial charge on any atom is -0.486 e. The molecule has 0 aliphatic carbocycles. The number of halogens is 1. The summed E-state index contributed by atoms with van der Waals surface area (Å²) in [5.41, 5.74) is 2.50. The molecule has 3 heterocycles. The quantitative estimate of drug-likeness (QED) is 0.389. The number of rotatable bonds is 8. The van der Waals surface area contributed by atoms with Crippen LogP contribution in [0.25, 0.3) is 0 Å². The molecule has 3 aliphatic rings. The maximum absolute atomic E-state index is 14.1. The van der Waals surface area contributed by atoms with Crippen LogP contribution in [0.4, 0.5) is 4.39 Å². The molecule has 4 amide bonds. The van der Waals surface area contributed by atoms with Gasteiger partial charge in [-0.25, -0.2) is 4.39 Å². The highest BCUT2D eigenvalue weighted by molar-refractivity contribution is 6.21. The highest BCUT2D eigenvalue weighted by atomic mass is 19.1. The lowest BCUT2D eigenvalue weighted by Gasteiger charge is -2.33. The molecule has 3 aromatic rings. The lowest BCUT2D eigenvalue weighted by atomic mass is 9.86. The number of hydrogen-bond acceptors (Lipinski definition) is 7. The Morgan fingerprint density at radius 2 is 1.58 bits per heavy atom. The lowest BCUT2D eigenvalue weighted by Crippen LogP contribution is -2.50. The van der Waals surface area contributed by atoms with Crippen LogP contribution in [0.3, 0.4) is 0 Å². The molecule has 1 saturated heterocycles. The van der Waals surface area contributed by atoms with Gasteiger partial charge in [0.1, 0.15) is 18.5 Å². The van der Waals surface area contributed by atoms with E-state index >= 15 is 0 Å². The monoisotopic (exact) mass is 587 g/mol. The first kappa shape index (κ1) is 28.5. The number of hydrogen-bond donors (Lipinski definition) is 2. The van der Waals surface area contributed by atoms with Gasteiger partial charge >= 0.3 is 0 Å². The van der Waals surface area contributed by atoms with Crippen LogP contribution in [-0.2, 0) is 9.47 Å². The SMILES string of the molecule is CNC(=O)c1cc(C(=O)NCC[C@H]2OC[C@H](N3C(=O)c4ccccc4C3=O)CO2)cc2c1O[C@H](CF)[C@H]2c1ccccc1. The van der Waals surface area contributed by atoms with E-state index in [0.717, 1.165) is 5.56 Å². The van der Waals surface area contributed by atoms with Crippen molar-refractivity contribution >= 4 is 23.6 Å². The summed E-state index contributed by atoms with van der Waals surface area (Å²) < 4.78 is 31.5. The Bertz CT molecular complexity index is 1540. The number of imide groups is 1. The molecule has 2 N–H and O–H groups in total. The van der Waals surface area contributed by atoms with E-state index in [2.05, 4.69) is 10.6 Å². The van der Waals surface area contributed by atoms with Gasteiger partial charge in [-0.2, -0.15) is 0 Å². The van der Waals surface area contributed by atoms with Gasteiger partial charge in [0.15, 0.2) is 6.29 Å². The zero-order valence-corrected chi connectivity index (χ0v) is 23.4. The summed E-state index contributed by atoms with van der Waals surface area (Å²) >= 11 is 0. The summed E-state index contributed by atoms with van der Waals surface area (Å²) in [6.45, 7) is -0.348. The molecule has 0 spiro atoms. The Kier molecular flexibility index (Phi) is 7.92. The molecule has 10 nitrogen and oxygen atoms in total. The third-order valence-corrected chi connectivity index (χ3v) is 7.94. The van der Waals surface area contributed by atoms with Crippen molar-refractivity contribution in [1.29, 1.82) is 0 Å². The number of benzene rings is 3. The van der Waals surface area contributed by atoms with Crippen molar-refractivity contribution in [2.45, 2.75) is 30.8 Å². The fourth-order valence-corrected chi connectivity index (χ4v) is 5.84. The normalized spacial score (nSPS) is 22.5. The molecule has 43 heavy (non-hydrogen) atoms. The van der Waals surface area contributed by atoms with Crippen LogP contribution in [0.15, 0.2) is 66.7 Å². The van der Waals surface area contributed by atoms with E-state index in [1.54, 1.807) is 30.3 Å². The lowest BCUT2D eigenvalue weighted by molar-refractivity contribution is -0.198. The summed E-state index contributed by atoms with van der Waals surface area (Å²) in [4.78, 5) is 52.7. The molecular formula is C32H30FN3O7. The predicted octanol–water partition coefficient (Wildman–Crippen LogP) is 3.07. The van der Waals surface area contributed by atoms with E-state index in [-0.39, 0.29) is 48.4 Å². The molecule has 0 radical (unpaired) electrons. The molecule has 11 heteroatoms. The molecule has 222 valence electrons. The van der Waals surface area contributed by atoms with E-state index in [0.29, 0.717) is 23.1 Å². The third-order valence-electron chi connectivity index (χ3n) is 7.94. The maximum atomic E-state index is 14.1. The van der Waals surface area contributed by atoms with E-state index in [4.69, 9.17) is 14.2 Å². The highest BCUT2D eigenvalue weighted by Gasteiger charge is 2.42. The van der Waals surface area contributed by atoms with Crippen LogP contribution < -0.4 is 15.4 Å². The minimum atomic E-state index is -0.830. The standard InChI is InChI=1S/C32H30FN3O7/c1-34-30(38)24-14-19(13-23-27(18-7-3-2-4-8-18)25(15-33)43-28(23)24)29(37)35-12-11-26-41-16-20(17-42-26)36-31(39)21-9-5-6-10-22(21)32(36)40/h2-10,13-14,20,25-27H,11-12,15-17H2,1H3,(H,34,38)(H,35,37)/t20-,25-,26-,27+/m1/s1. The van der Waals surface area contributed by atoms with E-state index in [1.807, 2.05) is 30.3 Å². The molecule has 0 bridgehead atoms. The summed E-state index contributed by atoms with van der Waals surface area (Å²) in [6.07, 6.45) is -1.16. The smallest absolute Gasteiger partial charge is 0.261 e. The number of fused-ring (bicyclic) bond motifs is 2. The molecule has 3 aliphatic heterocycles. The largest absolute Gasteiger partial charge is 0.486 e. The summed E-state index contributed by atoms with van der Waals surface area (Å²) in [6, 6.07) is 18.5. The van der Waals surface area contributed by atoms with Gasteiger partial charge in [0.25, 0.3) is 23.6 Å². The summed E-state index contributed by atoms with van der Waals surface area (Å²) in [7, 11) is 1.47. The van der Waals surface area contributed by atoms with Crippen LogP contribution >= 0.6 is 0 Å². The van der Waals surface area contributed by atoms with Gasteiger partial charge in [-0.15, -0.1) is 0 Å². The number of alkyl halides is 1. The van der Waals surface area contributed by atoms with Crippen molar-refractivity contribution in [2.24, 2.45) is 0 Å². The van der Waals surface area contributed by atoms with E-state index in [1.165, 1.54) is 18.0 Å². The van der Waals surface area contributed by atoms with Crippen molar-refractivity contribution in [3.8, 4) is 5.75 Å². The second-order valence-electron chi connectivity index (χ2n) is 10.5. The zero-order chi connectivity index (χ0) is 30.1. The molecule has 2 atom stereocenters. The Morgan fingerprint density at radius 3 is 2.21 bits per heavy atom. The van der Waals surface area contributed by atoms with Gasteiger partial charge in [-0.3, -0.25) is 24.1 Å². The first-order chi connectivity index (χ1) is 20.9. The third kappa shape index (κ3) is 5.26. The summed E-state index contributed by atoms with van der Waals surface area (Å²) in [5, 5.41) is 5.39. The fourth-order valence-electron chi connectivity index (χ4n) is 5.84. The molecule has 3 aromatic carbocycles. The Morgan fingerprint density at radius 1 is 0.930 bits per heavy atom. The van der Waals surface area contributed by atoms with Crippen LogP contribution in [0.1, 0.15) is 64.9 Å². The fraction of sp³-hybridized carbons (Fsp3) is 0.312. The van der Waals surface area contributed by atoms with Crippen molar-refractivity contribution in [3.63, 3.8) is 0 Å². The average molecular weight is 588 g/mol. The average Bonchev–Trinajstić information content (AvgIpc) is 3.55. The number of carbonyl (C=O) groups excluding carboxylic acids is 4. The second-order valence-corrected chi connectivity index (χ2v) is 10.5. The highest BCUT2D eigenvalue weighted by Crippen LogP contribution is 2.45. The van der Waals surface area contributed by atoms with Crippen LogP contribution in [0, 0.1) is 0 Å². The molecule has 0 unspecified atom stereocenters. The number of amides is 4. The minimum absolute atomic E-state index is 0.112. The maximum Gasteiger partial charge on any atom is 0.261 e. The number of carbonyl (C=O) groups is 4. The van der Waals surface area contributed by atoms with Crippen molar-refractivity contribution < 1.29 is 37.8 Å². The van der Waals surface area contributed by atoms with Gasteiger partial charge in [-0.05, 0) is 29.8 Å². The first-order valence-corrected chi connectivity index (χ1v) is 14.1. The van der Waals surface area contributed by atoms with Crippen molar-refractivity contribution in [3.05, 3.63) is 100 Å². The van der Waals surface area contributed by atoms with Crippen LogP contribution in [-0.4, -0.2) is 80.4 Å². The van der Waals surface area contributed by atoms with Crippen molar-refractivity contribution in [2.75, 3.05) is 33.5 Å². The summed E-state index contributed by atoms with van der Waals surface area (Å²) in [5.74, 6) is -1.84. The van der Waals surface area contributed by atoms with Crippen molar-refractivity contribution in [1.82, 2.24) is 15.5 Å². The number of nitrogens with zero attached hydrogens (tertiary/aromatic N) is 1. The predicted molar refractivity (Wildman–Crippen MR) is 152 cm³/mol. The molecule has 0 aromatic heterocycles. The van der Waals surface area contributed by atoms with Gasteiger partial charge < -0.3 is 24.8 Å². The molecular weight excluding hydrogens is 557 g/mol. The first-order valence-electron chi connectivity index (χ1n) is 14.1. The molecule has 6 rings (SSSR count). The van der Waals surface area contributed by atoms with Gasteiger partial charge in [0.2, 0.25) is 0 Å². The van der Waals surface area contributed by atoms with Crippen LogP contribution in [0.2, 0.25) is 0 Å². The molecule has 1 fully saturated rings. The second kappa shape index (κ2) is 11.9. The van der Waals surface area contributed by atoms with Gasteiger partial charge in [0.05, 0.1) is 41.9 Å². The number of nitrogens with one attached hydrogen (secondary N) is 2. The Hall–Kier alpha value is -4.61. The number of ether oxygens (including phenoxy) is 3.